The molecule has 1 unspecified atom stereocenters. The molecule has 1 aliphatic rings. The maximum Gasteiger partial charge on any atom is 0.416 e. The highest BCUT2D eigenvalue weighted by Crippen LogP contribution is 2.43. The van der Waals surface area contributed by atoms with Crippen LogP contribution in [-0.2, 0) is 17.1 Å². The minimum absolute atomic E-state index is 0.0280. The second-order valence-corrected chi connectivity index (χ2v) is 8.69. The number of anilines is 2. The molecule has 0 bridgehead atoms. The number of nitrogens with zero attached hydrogens (tertiary/aromatic N) is 1. The van der Waals surface area contributed by atoms with Gasteiger partial charge in [0.25, 0.3) is 5.91 Å². The van der Waals surface area contributed by atoms with Crippen molar-refractivity contribution in [2.75, 3.05) is 16.0 Å². The van der Waals surface area contributed by atoms with Crippen LogP contribution < -0.4 is 10.2 Å². The lowest BCUT2D eigenvalue weighted by molar-refractivity contribution is -0.138. The van der Waals surface area contributed by atoms with Gasteiger partial charge in [-0.3, -0.25) is 14.5 Å². The molecule has 11 heteroatoms. The summed E-state index contributed by atoms with van der Waals surface area (Å²) in [6.07, 6.45) is -9.01. The van der Waals surface area contributed by atoms with E-state index in [1.165, 1.54) is 28.8 Å². The fraction of sp³-hybridized carbons (Fsp3) is 0.167. The van der Waals surface area contributed by atoms with E-state index in [9.17, 15) is 35.9 Å². The number of hydrogen-bond donors (Lipinski definition) is 1. The van der Waals surface area contributed by atoms with Crippen LogP contribution in [0.3, 0.4) is 0 Å². The third-order valence-electron chi connectivity index (χ3n) is 5.24. The number of hydrogen-bond acceptors (Lipinski definition) is 3. The smallest absolute Gasteiger partial charge is 0.322 e. The fourth-order valence-corrected chi connectivity index (χ4v) is 4.71. The van der Waals surface area contributed by atoms with E-state index < -0.39 is 34.8 Å². The molecule has 0 aliphatic carbocycles. The van der Waals surface area contributed by atoms with Gasteiger partial charge in [0.15, 0.2) is 0 Å². The lowest BCUT2D eigenvalue weighted by Gasteiger charge is -2.25. The topological polar surface area (TPSA) is 49.4 Å². The number of halogens is 6. The molecular weight excluding hydrogens is 494 g/mol. The first-order valence-electron chi connectivity index (χ1n) is 10.1. The average Bonchev–Trinajstić information content (AvgIpc) is 3.19. The molecule has 182 valence electrons. The molecule has 2 amide bonds. The molecule has 1 atom stereocenters. The Balaban J connectivity index is 1.53. The number of amides is 2. The zero-order valence-corrected chi connectivity index (χ0v) is 18.5. The van der Waals surface area contributed by atoms with Crippen LogP contribution in [0.4, 0.5) is 37.7 Å². The number of benzene rings is 3. The summed E-state index contributed by atoms with van der Waals surface area (Å²) < 4.78 is 76.9. The van der Waals surface area contributed by atoms with Crippen molar-refractivity contribution < 1.29 is 35.9 Å². The Bertz CT molecular complexity index is 1240. The largest absolute Gasteiger partial charge is 0.416 e. The van der Waals surface area contributed by atoms with Crippen LogP contribution in [0.25, 0.3) is 0 Å². The normalized spacial score (nSPS) is 16.5. The van der Waals surface area contributed by atoms with E-state index in [1.807, 2.05) is 0 Å². The van der Waals surface area contributed by atoms with Crippen molar-refractivity contribution in [3.05, 3.63) is 95.1 Å². The summed E-state index contributed by atoms with van der Waals surface area (Å²) >= 11 is 1.28. The molecule has 1 fully saturated rings. The highest BCUT2D eigenvalue weighted by Gasteiger charge is 2.36. The molecule has 0 aromatic heterocycles. The number of thioether (sulfide) groups is 1. The first-order chi connectivity index (χ1) is 16.4. The predicted molar refractivity (Wildman–Crippen MR) is 120 cm³/mol. The first-order valence-corrected chi connectivity index (χ1v) is 11.2. The molecule has 0 saturated carbocycles. The van der Waals surface area contributed by atoms with Crippen LogP contribution in [0, 0.1) is 0 Å². The van der Waals surface area contributed by atoms with Crippen LogP contribution in [-0.4, -0.2) is 17.6 Å². The number of carbonyl (C=O) groups excluding carboxylic acids is 2. The Morgan fingerprint density at radius 2 is 1.43 bits per heavy atom. The summed E-state index contributed by atoms with van der Waals surface area (Å²) in [6, 6.07) is 14.6. The highest BCUT2D eigenvalue weighted by molar-refractivity contribution is 8.00. The van der Waals surface area contributed by atoms with Crippen LogP contribution in [0.15, 0.2) is 72.8 Å². The lowest BCUT2D eigenvalue weighted by Crippen LogP contribution is -2.28. The van der Waals surface area contributed by atoms with E-state index in [4.69, 9.17) is 0 Å². The van der Waals surface area contributed by atoms with E-state index in [1.54, 1.807) is 24.3 Å². The van der Waals surface area contributed by atoms with E-state index >= 15 is 0 Å². The maximum absolute atomic E-state index is 12.9. The van der Waals surface area contributed by atoms with Crippen molar-refractivity contribution in [1.82, 2.24) is 0 Å². The second kappa shape index (κ2) is 9.29. The van der Waals surface area contributed by atoms with Gasteiger partial charge < -0.3 is 5.32 Å². The molecule has 1 saturated heterocycles. The summed E-state index contributed by atoms with van der Waals surface area (Å²) in [5.74, 6) is -0.780. The van der Waals surface area contributed by atoms with Crippen LogP contribution in [0.5, 0.6) is 0 Å². The first kappa shape index (κ1) is 24.6. The maximum atomic E-state index is 12.9. The number of alkyl halides is 6. The third kappa shape index (κ3) is 5.45. The van der Waals surface area contributed by atoms with Gasteiger partial charge >= 0.3 is 12.4 Å². The summed E-state index contributed by atoms with van der Waals surface area (Å²) in [7, 11) is 0. The molecular formula is C24H16F6N2O2S. The summed E-state index contributed by atoms with van der Waals surface area (Å²) in [4.78, 5) is 26.4. The summed E-state index contributed by atoms with van der Waals surface area (Å²) in [5.41, 5.74) is -0.407. The van der Waals surface area contributed by atoms with Gasteiger partial charge in [-0.05, 0) is 66.2 Å². The third-order valence-corrected chi connectivity index (χ3v) is 6.46. The van der Waals surface area contributed by atoms with Crippen molar-refractivity contribution in [2.24, 2.45) is 0 Å². The molecule has 0 radical (unpaired) electrons. The SMILES string of the molecule is O=C(Nc1cccc(C2SCC(=O)N2c2ccc(C(F)(F)F)cc2)c1)c1ccc(C(F)(F)F)cc1. The Morgan fingerprint density at radius 3 is 2.00 bits per heavy atom. The molecule has 1 N–H and O–H groups in total. The number of carbonyl (C=O) groups is 2. The molecule has 1 aliphatic heterocycles. The Kier molecular flexibility index (Phi) is 6.54. The Hall–Kier alpha value is -3.47. The number of rotatable bonds is 4. The standard InChI is InChI=1S/C24H16F6N2O2S/c25-23(26,27)16-6-4-14(5-7-16)21(34)31-18-3-1-2-15(12-18)22-32(20(33)13-35-22)19-10-8-17(9-11-19)24(28,29)30/h1-12,22H,13H2,(H,31,34). The molecule has 1 heterocycles. The molecule has 3 aromatic rings. The van der Waals surface area contributed by atoms with Gasteiger partial charge in [-0.1, -0.05) is 12.1 Å². The van der Waals surface area contributed by atoms with Gasteiger partial charge in [0.1, 0.15) is 5.37 Å². The van der Waals surface area contributed by atoms with E-state index in [0.29, 0.717) is 16.9 Å². The van der Waals surface area contributed by atoms with Crippen LogP contribution >= 0.6 is 11.8 Å². The molecule has 4 nitrogen and oxygen atoms in total. The van der Waals surface area contributed by atoms with Gasteiger partial charge in [0.05, 0.1) is 16.9 Å². The highest BCUT2D eigenvalue weighted by atomic mass is 32.2. The predicted octanol–water partition coefficient (Wildman–Crippen LogP) is 6.76. The summed E-state index contributed by atoms with van der Waals surface area (Å²) in [6.45, 7) is 0. The second-order valence-electron chi connectivity index (χ2n) is 7.63. The summed E-state index contributed by atoms with van der Waals surface area (Å²) in [5, 5.41) is 2.07. The van der Waals surface area contributed by atoms with Gasteiger partial charge in [0.2, 0.25) is 5.91 Å². The fourth-order valence-electron chi connectivity index (χ4n) is 3.54. The monoisotopic (exact) mass is 510 g/mol. The molecule has 35 heavy (non-hydrogen) atoms. The van der Waals surface area contributed by atoms with Crippen molar-refractivity contribution >= 4 is 35.0 Å². The van der Waals surface area contributed by atoms with Crippen LogP contribution in [0.1, 0.15) is 32.4 Å². The molecule has 3 aromatic carbocycles. The van der Waals surface area contributed by atoms with Gasteiger partial charge in [-0.15, -0.1) is 11.8 Å². The Morgan fingerprint density at radius 1 is 0.857 bits per heavy atom. The van der Waals surface area contributed by atoms with Crippen molar-refractivity contribution in [3.63, 3.8) is 0 Å². The van der Waals surface area contributed by atoms with Crippen molar-refractivity contribution in [1.29, 1.82) is 0 Å². The lowest BCUT2D eigenvalue weighted by atomic mass is 10.1. The zero-order chi connectivity index (χ0) is 25.4. The molecule has 4 rings (SSSR count). The molecule has 0 spiro atoms. The van der Waals surface area contributed by atoms with E-state index in [-0.39, 0.29) is 17.2 Å². The van der Waals surface area contributed by atoms with E-state index in [2.05, 4.69) is 5.32 Å². The van der Waals surface area contributed by atoms with Crippen molar-refractivity contribution in [3.8, 4) is 0 Å². The van der Waals surface area contributed by atoms with Gasteiger partial charge in [0, 0.05) is 16.9 Å². The van der Waals surface area contributed by atoms with Gasteiger partial charge in [-0.25, -0.2) is 0 Å². The number of nitrogens with one attached hydrogen (secondary N) is 1. The van der Waals surface area contributed by atoms with Crippen molar-refractivity contribution in [2.45, 2.75) is 17.7 Å². The Labute approximate surface area is 199 Å². The minimum Gasteiger partial charge on any atom is -0.322 e. The van der Waals surface area contributed by atoms with E-state index in [0.717, 1.165) is 36.4 Å². The van der Waals surface area contributed by atoms with Crippen LogP contribution in [0.2, 0.25) is 0 Å². The van der Waals surface area contributed by atoms with Gasteiger partial charge in [-0.2, -0.15) is 26.3 Å². The minimum atomic E-state index is -4.52. The average molecular weight is 510 g/mol. The quantitative estimate of drug-likeness (QED) is 0.395. The zero-order valence-electron chi connectivity index (χ0n) is 17.7.